The Labute approximate surface area is 100 Å². The van der Waals surface area contributed by atoms with Crippen LogP contribution in [0, 0.1) is 5.82 Å². The van der Waals surface area contributed by atoms with Crippen LogP contribution < -0.4 is 5.32 Å². The minimum absolute atomic E-state index is 0.0601. The fraction of sp³-hybridized carbons (Fsp3) is 0.500. The lowest BCUT2D eigenvalue weighted by molar-refractivity contribution is 0.488. The molecule has 0 aliphatic carbocycles. The second kappa shape index (κ2) is 7.65. The molecule has 0 bridgehead atoms. The van der Waals surface area contributed by atoms with E-state index in [-0.39, 0.29) is 11.9 Å². The van der Waals surface area contributed by atoms with Crippen LogP contribution >= 0.6 is 12.0 Å². The molecule has 1 unspecified atom stereocenters. The Morgan fingerprint density at radius 1 is 1.44 bits per heavy atom. The molecule has 0 aliphatic heterocycles. The number of hydrogen-bond donors (Lipinski definition) is 2. The third kappa shape index (κ3) is 4.12. The number of rotatable bonds is 7. The highest BCUT2D eigenvalue weighted by Crippen LogP contribution is 2.19. The largest absolute Gasteiger partial charge is 0.330 e. The van der Waals surface area contributed by atoms with Crippen LogP contribution in [0.1, 0.15) is 31.4 Å². The topological polar surface area (TPSA) is 32.3 Å². The van der Waals surface area contributed by atoms with Gasteiger partial charge in [0.05, 0.1) is 0 Å². The maximum atomic E-state index is 13.5. The summed E-state index contributed by atoms with van der Waals surface area (Å²) in [5, 5.41) is 3.30. The van der Waals surface area contributed by atoms with Crippen LogP contribution in [0.2, 0.25) is 0 Å². The highest BCUT2D eigenvalue weighted by atomic mass is 32.2. The van der Waals surface area contributed by atoms with Gasteiger partial charge in [-0.3, -0.25) is 0 Å². The molecule has 1 aromatic rings. The van der Waals surface area contributed by atoms with Gasteiger partial charge in [0.15, 0.2) is 0 Å². The molecular weight excluding hydrogens is 225 g/mol. The summed E-state index contributed by atoms with van der Waals surface area (Å²) in [6, 6.07) is 6.92. The zero-order chi connectivity index (χ0) is 11.8. The molecule has 0 spiro atoms. The highest BCUT2D eigenvalue weighted by Gasteiger charge is 2.11. The summed E-state index contributed by atoms with van der Waals surface area (Å²) in [7, 11) is 0. The third-order valence-corrected chi connectivity index (χ3v) is 2.96. The molecule has 0 aliphatic rings. The van der Waals surface area contributed by atoms with Crippen molar-refractivity contribution in [2.75, 3.05) is 12.3 Å². The van der Waals surface area contributed by atoms with Gasteiger partial charge in [-0.15, -0.1) is 0 Å². The van der Waals surface area contributed by atoms with Crippen LogP contribution in [-0.4, -0.2) is 16.9 Å². The Kier molecular flexibility index (Phi) is 6.45. The Morgan fingerprint density at radius 2 is 2.19 bits per heavy atom. The SMILES string of the molecule is CCC(NCCCSO)c1ccccc1F. The average Bonchev–Trinajstić information content (AvgIpc) is 2.31. The van der Waals surface area contributed by atoms with Crippen molar-refractivity contribution in [3.8, 4) is 0 Å². The fourth-order valence-electron chi connectivity index (χ4n) is 1.64. The van der Waals surface area contributed by atoms with Crippen LogP contribution in [0.4, 0.5) is 4.39 Å². The van der Waals surface area contributed by atoms with Gasteiger partial charge in [0.2, 0.25) is 0 Å². The minimum Gasteiger partial charge on any atom is -0.330 e. The van der Waals surface area contributed by atoms with Crippen LogP contribution in [0.25, 0.3) is 0 Å². The second-order valence-electron chi connectivity index (χ2n) is 3.62. The molecule has 16 heavy (non-hydrogen) atoms. The van der Waals surface area contributed by atoms with E-state index in [2.05, 4.69) is 5.32 Å². The summed E-state index contributed by atoms with van der Waals surface area (Å²) in [5.41, 5.74) is 0.724. The maximum absolute atomic E-state index is 13.5. The monoisotopic (exact) mass is 243 g/mol. The first-order chi connectivity index (χ1) is 7.79. The van der Waals surface area contributed by atoms with Gasteiger partial charge in [-0.1, -0.05) is 25.1 Å². The lowest BCUT2D eigenvalue weighted by atomic mass is 10.0. The molecule has 0 heterocycles. The summed E-state index contributed by atoms with van der Waals surface area (Å²) >= 11 is 0.846. The van der Waals surface area contributed by atoms with E-state index >= 15 is 0 Å². The van der Waals surface area contributed by atoms with Crippen molar-refractivity contribution in [3.05, 3.63) is 35.6 Å². The first kappa shape index (κ1) is 13.5. The second-order valence-corrected chi connectivity index (χ2v) is 4.29. The van der Waals surface area contributed by atoms with E-state index in [4.69, 9.17) is 4.55 Å². The van der Waals surface area contributed by atoms with Gasteiger partial charge in [-0.2, -0.15) is 0 Å². The number of benzene rings is 1. The molecule has 2 N–H and O–H groups in total. The molecule has 0 amide bonds. The fourth-order valence-corrected chi connectivity index (χ4v) is 1.92. The number of halogens is 1. The molecule has 0 fully saturated rings. The molecule has 2 nitrogen and oxygen atoms in total. The first-order valence-electron chi connectivity index (χ1n) is 5.53. The average molecular weight is 243 g/mol. The predicted molar refractivity (Wildman–Crippen MR) is 67.1 cm³/mol. The molecule has 4 heteroatoms. The summed E-state index contributed by atoms with van der Waals surface area (Å²) in [6.07, 6.45) is 1.74. The van der Waals surface area contributed by atoms with E-state index in [0.29, 0.717) is 5.75 Å². The van der Waals surface area contributed by atoms with Gasteiger partial charge >= 0.3 is 0 Å². The number of nitrogens with one attached hydrogen (secondary N) is 1. The lowest BCUT2D eigenvalue weighted by Gasteiger charge is -2.17. The summed E-state index contributed by atoms with van der Waals surface area (Å²) < 4.78 is 22.1. The molecule has 0 saturated carbocycles. The Bertz CT molecular complexity index is 309. The van der Waals surface area contributed by atoms with Crippen molar-refractivity contribution in [2.24, 2.45) is 0 Å². The first-order valence-corrected chi connectivity index (χ1v) is 6.48. The van der Waals surface area contributed by atoms with Crippen molar-refractivity contribution in [1.82, 2.24) is 5.32 Å². The van der Waals surface area contributed by atoms with E-state index in [0.717, 1.165) is 37.0 Å². The molecule has 0 aromatic heterocycles. The van der Waals surface area contributed by atoms with Gasteiger partial charge in [0, 0.05) is 17.4 Å². The molecule has 90 valence electrons. The molecular formula is C12H18FNOS. The third-order valence-electron chi connectivity index (χ3n) is 2.49. The van der Waals surface area contributed by atoms with E-state index in [1.54, 1.807) is 6.07 Å². The van der Waals surface area contributed by atoms with Crippen LogP contribution in [0.15, 0.2) is 24.3 Å². The zero-order valence-corrected chi connectivity index (χ0v) is 10.3. The molecule has 1 aromatic carbocycles. The van der Waals surface area contributed by atoms with Crippen molar-refractivity contribution < 1.29 is 8.94 Å². The van der Waals surface area contributed by atoms with Crippen molar-refractivity contribution in [3.63, 3.8) is 0 Å². The zero-order valence-electron chi connectivity index (χ0n) is 9.45. The van der Waals surface area contributed by atoms with E-state index in [1.165, 1.54) is 6.07 Å². The quantitative estimate of drug-likeness (QED) is 0.568. The van der Waals surface area contributed by atoms with Gasteiger partial charge in [0.1, 0.15) is 5.82 Å². The van der Waals surface area contributed by atoms with E-state index < -0.39 is 0 Å². The summed E-state index contributed by atoms with van der Waals surface area (Å²) in [6.45, 7) is 2.82. The molecule has 0 saturated heterocycles. The smallest absolute Gasteiger partial charge is 0.127 e. The van der Waals surface area contributed by atoms with Crippen molar-refractivity contribution in [1.29, 1.82) is 0 Å². The highest BCUT2D eigenvalue weighted by molar-refractivity contribution is 7.93. The standard InChI is InChI=1S/C12H18FNOS/c1-2-12(14-8-5-9-16-15)10-6-3-4-7-11(10)13/h3-4,6-7,12,14-15H,2,5,8-9H2,1H3. The van der Waals surface area contributed by atoms with Gasteiger partial charge < -0.3 is 9.87 Å². The van der Waals surface area contributed by atoms with Gasteiger partial charge in [0.25, 0.3) is 0 Å². The number of hydrogen-bond acceptors (Lipinski definition) is 3. The molecule has 0 radical (unpaired) electrons. The van der Waals surface area contributed by atoms with E-state index in [9.17, 15) is 4.39 Å². The van der Waals surface area contributed by atoms with Crippen LogP contribution in [0.5, 0.6) is 0 Å². The lowest BCUT2D eigenvalue weighted by Crippen LogP contribution is -2.23. The van der Waals surface area contributed by atoms with Crippen LogP contribution in [-0.2, 0) is 0 Å². The molecule has 1 rings (SSSR count). The Morgan fingerprint density at radius 3 is 2.81 bits per heavy atom. The summed E-state index contributed by atoms with van der Waals surface area (Å²) in [4.78, 5) is 0. The molecule has 1 atom stereocenters. The van der Waals surface area contributed by atoms with E-state index in [1.807, 2.05) is 19.1 Å². The Hall–Kier alpha value is -0.580. The maximum Gasteiger partial charge on any atom is 0.127 e. The van der Waals surface area contributed by atoms with Gasteiger partial charge in [-0.25, -0.2) is 4.39 Å². The summed E-state index contributed by atoms with van der Waals surface area (Å²) in [5.74, 6) is 0.555. The van der Waals surface area contributed by atoms with Crippen molar-refractivity contribution >= 4 is 12.0 Å². The normalized spacial score (nSPS) is 12.7. The van der Waals surface area contributed by atoms with Crippen molar-refractivity contribution in [2.45, 2.75) is 25.8 Å². The van der Waals surface area contributed by atoms with Crippen LogP contribution in [0.3, 0.4) is 0 Å². The predicted octanol–water partition coefficient (Wildman–Crippen LogP) is 3.46. The minimum atomic E-state index is -0.154. The van der Waals surface area contributed by atoms with Gasteiger partial charge in [-0.05, 0) is 37.5 Å². The Balaban J connectivity index is 2.51.